The summed E-state index contributed by atoms with van der Waals surface area (Å²) in [4.78, 5) is 40.3. The Bertz CT molecular complexity index is 1360. The van der Waals surface area contributed by atoms with Crippen LogP contribution in [0.2, 0.25) is 5.02 Å². The van der Waals surface area contributed by atoms with Crippen molar-refractivity contribution in [2.45, 2.75) is 13.3 Å². The number of hydrogen-bond donors (Lipinski definition) is 1. The second-order valence-corrected chi connectivity index (χ2v) is 9.73. The van der Waals surface area contributed by atoms with Crippen LogP contribution in [0.4, 0.5) is 5.69 Å². The first-order valence-electron chi connectivity index (χ1n) is 10.4. The molecule has 0 unspecified atom stereocenters. The molecule has 0 spiro atoms. The van der Waals surface area contributed by atoms with E-state index < -0.39 is 0 Å². The Morgan fingerprint density at radius 3 is 2.47 bits per heavy atom. The molecule has 7 nitrogen and oxygen atoms in total. The molecule has 174 valence electrons. The minimum atomic E-state index is -0.373. The van der Waals surface area contributed by atoms with E-state index in [1.807, 2.05) is 42.5 Å². The van der Waals surface area contributed by atoms with Crippen LogP contribution in [0.5, 0.6) is 0 Å². The molecule has 10 heteroatoms. The largest absolute Gasteiger partial charge is 0.320 e. The first kappa shape index (κ1) is 24.0. The van der Waals surface area contributed by atoms with Crippen molar-refractivity contribution in [1.29, 1.82) is 0 Å². The zero-order valence-electron chi connectivity index (χ0n) is 18.4. The number of halogens is 1. The number of amides is 2. The third-order valence-corrected chi connectivity index (χ3v) is 7.05. The van der Waals surface area contributed by atoms with E-state index in [-0.39, 0.29) is 36.0 Å². The molecule has 0 saturated carbocycles. The van der Waals surface area contributed by atoms with Gasteiger partial charge in [0.1, 0.15) is 10.0 Å². The first-order chi connectivity index (χ1) is 16.3. The van der Waals surface area contributed by atoms with E-state index >= 15 is 0 Å². The summed E-state index contributed by atoms with van der Waals surface area (Å²) >= 11 is 12.4. The van der Waals surface area contributed by atoms with Crippen LogP contribution in [0.1, 0.15) is 17.7 Å². The van der Waals surface area contributed by atoms with E-state index in [9.17, 15) is 14.4 Å². The molecule has 2 heterocycles. The molecule has 0 radical (unpaired) electrons. The normalized spacial score (nSPS) is 14.8. The molecule has 34 heavy (non-hydrogen) atoms. The Morgan fingerprint density at radius 1 is 1.12 bits per heavy atom. The molecule has 4 rings (SSSR count). The third-order valence-electron chi connectivity index (χ3n) is 5.42. The summed E-state index contributed by atoms with van der Waals surface area (Å²) in [5, 5.41) is 3.32. The number of nitrogens with one attached hydrogen (secondary N) is 1. The van der Waals surface area contributed by atoms with E-state index in [2.05, 4.69) is 5.32 Å². The van der Waals surface area contributed by atoms with Crippen LogP contribution < -0.4 is 10.9 Å². The highest BCUT2D eigenvalue weighted by Gasteiger charge is 2.32. The zero-order chi connectivity index (χ0) is 24.4. The van der Waals surface area contributed by atoms with Gasteiger partial charge in [-0.3, -0.25) is 24.0 Å². The van der Waals surface area contributed by atoms with Crippen molar-refractivity contribution in [2.24, 2.45) is 7.05 Å². The molecule has 1 fully saturated rings. The lowest BCUT2D eigenvalue weighted by molar-refractivity contribution is -0.122. The van der Waals surface area contributed by atoms with Gasteiger partial charge in [0.2, 0.25) is 5.91 Å². The van der Waals surface area contributed by atoms with Gasteiger partial charge in [0.05, 0.1) is 16.3 Å². The number of benzene rings is 2. The van der Waals surface area contributed by atoms with Gasteiger partial charge in [-0.1, -0.05) is 65.9 Å². The summed E-state index contributed by atoms with van der Waals surface area (Å²) in [7, 11) is 1.76. The van der Waals surface area contributed by atoms with Crippen LogP contribution in [0.15, 0.2) is 64.3 Å². The zero-order valence-corrected chi connectivity index (χ0v) is 20.8. The maximum Gasteiger partial charge on any atom is 0.295 e. The van der Waals surface area contributed by atoms with Crippen molar-refractivity contribution < 1.29 is 9.59 Å². The summed E-state index contributed by atoms with van der Waals surface area (Å²) < 4.78 is 3.58. The number of rotatable bonds is 6. The number of nitrogens with zero attached hydrogens (tertiary/aromatic N) is 3. The summed E-state index contributed by atoms with van der Waals surface area (Å²) in [6.07, 6.45) is 1.74. The maximum absolute atomic E-state index is 13.0. The summed E-state index contributed by atoms with van der Waals surface area (Å²) in [5.74, 6) is -0.623. The fourth-order valence-corrected chi connectivity index (χ4v) is 4.97. The molecule has 2 aromatic carbocycles. The summed E-state index contributed by atoms with van der Waals surface area (Å²) in [6.45, 7) is 1.88. The number of thioether (sulfide) groups is 1. The van der Waals surface area contributed by atoms with Gasteiger partial charge in [-0.05, 0) is 42.8 Å². The number of anilines is 1. The lowest BCUT2D eigenvalue weighted by atomic mass is 10.2. The third kappa shape index (κ3) is 4.86. The van der Waals surface area contributed by atoms with Crippen LogP contribution in [0.25, 0.3) is 11.8 Å². The van der Waals surface area contributed by atoms with Gasteiger partial charge in [-0.2, -0.15) is 0 Å². The smallest absolute Gasteiger partial charge is 0.295 e. The molecule has 1 saturated heterocycles. The van der Waals surface area contributed by atoms with Gasteiger partial charge < -0.3 is 5.32 Å². The van der Waals surface area contributed by atoms with Crippen molar-refractivity contribution in [3.8, 4) is 5.69 Å². The molecule has 0 atom stereocenters. The van der Waals surface area contributed by atoms with E-state index in [0.29, 0.717) is 25.6 Å². The highest BCUT2D eigenvalue weighted by Crippen LogP contribution is 2.32. The van der Waals surface area contributed by atoms with Gasteiger partial charge >= 0.3 is 0 Å². The minimum absolute atomic E-state index is 0.000222. The SMILES string of the molecule is Cc1c(NC(=O)CCN2C(=O)/C(=C\c3ccc(Cl)cc3)SC2=S)c(=O)n(-c2ccccc2)n1C. The minimum Gasteiger partial charge on any atom is -0.320 e. The predicted molar refractivity (Wildman–Crippen MR) is 140 cm³/mol. The number of thiocarbonyl (C=S) groups is 1. The Balaban J connectivity index is 1.44. The van der Waals surface area contributed by atoms with Crippen molar-refractivity contribution in [2.75, 3.05) is 11.9 Å². The number of carbonyl (C=O) groups excluding carboxylic acids is 2. The average Bonchev–Trinajstić information content (AvgIpc) is 3.20. The Kier molecular flexibility index (Phi) is 7.06. The molecular weight excluding hydrogens is 492 g/mol. The molecule has 3 aromatic rings. The second-order valence-electron chi connectivity index (χ2n) is 7.62. The molecule has 1 aliphatic rings. The van der Waals surface area contributed by atoms with E-state index in [0.717, 1.165) is 5.56 Å². The lowest BCUT2D eigenvalue weighted by Gasteiger charge is -2.13. The lowest BCUT2D eigenvalue weighted by Crippen LogP contribution is -2.32. The van der Waals surface area contributed by atoms with E-state index in [4.69, 9.17) is 23.8 Å². The average molecular weight is 513 g/mol. The van der Waals surface area contributed by atoms with Crippen LogP contribution in [-0.4, -0.2) is 36.9 Å². The van der Waals surface area contributed by atoms with Crippen molar-refractivity contribution in [3.05, 3.63) is 86.1 Å². The number of aromatic nitrogens is 2. The predicted octanol–water partition coefficient (Wildman–Crippen LogP) is 4.37. The van der Waals surface area contributed by atoms with Gasteiger partial charge in [0, 0.05) is 25.0 Å². The Hall–Kier alpha value is -3.14. The molecule has 0 bridgehead atoms. The van der Waals surface area contributed by atoms with Gasteiger partial charge in [0.25, 0.3) is 11.5 Å². The Labute approximate surface area is 211 Å². The molecule has 1 aromatic heterocycles. The topological polar surface area (TPSA) is 76.3 Å². The van der Waals surface area contributed by atoms with Crippen molar-refractivity contribution in [1.82, 2.24) is 14.3 Å². The monoisotopic (exact) mass is 512 g/mol. The quantitative estimate of drug-likeness (QED) is 0.392. The number of carbonyl (C=O) groups is 2. The van der Waals surface area contributed by atoms with Crippen molar-refractivity contribution in [3.63, 3.8) is 0 Å². The highest BCUT2D eigenvalue weighted by molar-refractivity contribution is 8.26. The summed E-state index contributed by atoms with van der Waals surface area (Å²) in [5.41, 5.74) is 2.04. The Morgan fingerprint density at radius 2 is 1.79 bits per heavy atom. The standard InChI is InChI=1S/C24H21ClN4O3S2/c1-15-21(23(32)29(27(15)2)18-6-4-3-5-7-18)26-20(30)12-13-28-22(31)19(34-24(28)33)14-16-8-10-17(25)11-9-16/h3-11,14H,12-13H2,1-2H3,(H,26,30)/b19-14+. The summed E-state index contributed by atoms with van der Waals surface area (Å²) in [6, 6.07) is 16.3. The molecule has 1 N–H and O–H groups in total. The van der Waals surface area contributed by atoms with Gasteiger partial charge in [-0.25, -0.2) is 4.68 Å². The van der Waals surface area contributed by atoms with Crippen LogP contribution >= 0.6 is 35.6 Å². The maximum atomic E-state index is 13.0. The van der Waals surface area contributed by atoms with E-state index in [1.54, 1.807) is 36.9 Å². The molecule has 0 aliphatic carbocycles. The molecule has 2 amide bonds. The highest BCUT2D eigenvalue weighted by atomic mass is 35.5. The molecule has 1 aliphatic heterocycles. The van der Waals surface area contributed by atoms with Gasteiger partial charge in [-0.15, -0.1) is 0 Å². The second kappa shape index (κ2) is 10.0. The van der Waals surface area contributed by atoms with Crippen LogP contribution in [-0.2, 0) is 16.6 Å². The van der Waals surface area contributed by atoms with E-state index in [1.165, 1.54) is 21.3 Å². The molecular formula is C24H21ClN4O3S2. The number of para-hydroxylation sites is 1. The number of hydrogen-bond acceptors (Lipinski definition) is 5. The van der Waals surface area contributed by atoms with Crippen LogP contribution in [0, 0.1) is 6.92 Å². The fraction of sp³-hybridized carbons (Fsp3) is 0.167. The van der Waals surface area contributed by atoms with Crippen LogP contribution in [0.3, 0.4) is 0 Å². The van der Waals surface area contributed by atoms with Gasteiger partial charge in [0.15, 0.2) is 0 Å². The first-order valence-corrected chi connectivity index (χ1v) is 12.0. The fourth-order valence-electron chi connectivity index (χ4n) is 3.53. The van der Waals surface area contributed by atoms with Crippen molar-refractivity contribution >= 4 is 63.5 Å².